The minimum atomic E-state index is -0.244. The van der Waals surface area contributed by atoms with Gasteiger partial charge in [0.2, 0.25) is 0 Å². The highest BCUT2D eigenvalue weighted by molar-refractivity contribution is 5.66. The van der Waals surface area contributed by atoms with Gasteiger partial charge in [0.25, 0.3) is 0 Å². The van der Waals surface area contributed by atoms with Crippen LogP contribution >= 0.6 is 0 Å². The third kappa shape index (κ3) is 27.0. The molecule has 3 nitrogen and oxygen atoms in total. The summed E-state index contributed by atoms with van der Waals surface area (Å²) in [6.45, 7) is 3.80. The second-order valence-corrected chi connectivity index (χ2v) is 9.58. The third-order valence-electron chi connectivity index (χ3n) is 6.23. The van der Waals surface area contributed by atoms with Crippen molar-refractivity contribution in [2.24, 2.45) is 0 Å². The third-order valence-corrected chi connectivity index (χ3v) is 6.23. The van der Waals surface area contributed by atoms with Gasteiger partial charge in [0.15, 0.2) is 0 Å². The molecule has 0 radical (unpaired) electrons. The predicted molar refractivity (Wildman–Crippen MR) is 144 cm³/mol. The number of hydrogen-bond donors (Lipinski definition) is 1. The molecule has 3 heteroatoms. The summed E-state index contributed by atoms with van der Waals surface area (Å²) in [4.78, 5) is 11.0. The number of unbranched alkanes of at least 4 members (excludes halogenated alkanes) is 16. The molecule has 0 aromatic carbocycles. The molecule has 1 atom stereocenters. The average molecular weight is 465 g/mol. The summed E-state index contributed by atoms with van der Waals surface area (Å²) in [5, 5.41) is 9.03. The number of allylic oxidation sites excluding steroid dienone is 4. The van der Waals surface area contributed by atoms with E-state index in [-0.39, 0.29) is 18.7 Å². The van der Waals surface area contributed by atoms with Gasteiger partial charge < -0.3 is 9.84 Å². The fourth-order valence-electron chi connectivity index (χ4n) is 4.20. The van der Waals surface area contributed by atoms with Gasteiger partial charge in [0.05, 0.1) is 0 Å². The molecule has 0 aliphatic heterocycles. The lowest BCUT2D eigenvalue weighted by molar-refractivity contribution is -0.147. The lowest BCUT2D eigenvalue weighted by Crippen LogP contribution is -2.17. The second-order valence-electron chi connectivity index (χ2n) is 9.58. The van der Waals surface area contributed by atoms with Crippen molar-refractivity contribution < 1.29 is 14.6 Å². The Morgan fingerprint density at radius 2 is 1.03 bits per heavy atom. The van der Waals surface area contributed by atoms with Crippen LogP contribution in [0.15, 0.2) is 24.3 Å². The van der Waals surface area contributed by atoms with E-state index in [2.05, 4.69) is 31.2 Å². The Bertz CT molecular complexity index is 455. The number of aliphatic hydroxyl groups is 1. The van der Waals surface area contributed by atoms with Gasteiger partial charge >= 0.3 is 5.97 Å². The number of aliphatic hydroxyl groups excluding tert-OH is 1. The molecule has 0 aromatic rings. The Morgan fingerprint density at radius 1 is 0.636 bits per heavy atom. The van der Waals surface area contributed by atoms with E-state index in [0.717, 1.165) is 12.8 Å². The number of ether oxygens (including phenoxy) is 1. The zero-order chi connectivity index (χ0) is 24.2. The summed E-state index contributed by atoms with van der Waals surface area (Å²) in [6.07, 6.45) is 35.6. The Kier molecular flexibility index (Phi) is 26.3. The van der Waals surface area contributed by atoms with Crippen molar-refractivity contribution in [3.63, 3.8) is 0 Å². The molecule has 0 unspecified atom stereocenters. The molecule has 0 bridgehead atoms. The van der Waals surface area contributed by atoms with Gasteiger partial charge in [-0.05, 0) is 64.2 Å². The number of hydrogen-bond acceptors (Lipinski definition) is 3. The number of carbonyl (C=O) groups is 1. The summed E-state index contributed by atoms with van der Waals surface area (Å²) in [5.74, 6) is -0.244. The zero-order valence-electron chi connectivity index (χ0n) is 22.2. The van der Waals surface area contributed by atoms with Crippen LogP contribution in [0.5, 0.6) is 0 Å². The first-order chi connectivity index (χ1) is 16.2. The summed E-state index contributed by atoms with van der Waals surface area (Å²) in [5.41, 5.74) is 0. The van der Waals surface area contributed by atoms with Crippen molar-refractivity contribution in [3.8, 4) is 0 Å². The lowest BCUT2D eigenvalue weighted by atomic mass is 10.0. The van der Waals surface area contributed by atoms with E-state index in [1.54, 1.807) is 0 Å². The number of carbonyl (C=O) groups excluding carboxylic acids is 1. The van der Waals surface area contributed by atoms with Gasteiger partial charge in [-0.1, -0.05) is 95.4 Å². The van der Waals surface area contributed by atoms with Crippen molar-refractivity contribution >= 4 is 5.97 Å². The Labute approximate surface area is 206 Å². The molecule has 0 spiro atoms. The normalized spacial score (nSPS) is 12.7. The molecule has 0 saturated heterocycles. The van der Waals surface area contributed by atoms with E-state index < -0.39 is 0 Å². The molecule has 0 aliphatic rings. The van der Waals surface area contributed by atoms with Crippen LogP contribution < -0.4 is 0 Å². The molecule has 0 aromatic heterocycles. The molecule has 0 heterocycles. The SMILES string of the molecule is CCCCCCCC/C=C\CCCCCC/C=C\CCCCCCC[C@@H](CCO)OC(C)=O. The highest BCUT2D eigenvalue weighted by Gasteiger charge is 2.10. The first kappa shape index (κ1) is 31.9. The van der Waals surface area contributed by atoms with Crippen LogP contribution in [0.3, 0.4) is 0 Å². The van der Waals surface area contributed by atoms with Crippen molar-refractivity contribution in [2.45, 2.75) is 155 Å². The first-order valence-corrected chi connectivity index (χ1v) is 14.3. The van der Waals surface area contributed by atoms with Gasteiger partial charge in [-0.25, -0.2) is 0 Å². The Hall–Kier alpha value is -1.09. The maximum atomic E-state index is 11.0. The highest BCUT2D eigenvalue weighted by Crippen LogP contribution is 2.14. The summed E-state index contributed by atoms with van der Waals surface area (Å²) >= 11 is 0. The maximum Gasteiger partial charge on any atom is 0.302 e. The van der Waals surface area contributed by atoms with E-state index in [0.29, 0.717) is 6.42 Å². The summed E-state index contributed by atoms with van der Waals surface area (Å²) in [7, 11) is 0. The molecular weight excluding hydrogens is 408 g/mol. The Morgan fingerprint density at radius 3 is 1.42 bits per heavy atom. The largest absolute Gasteiger partial charge is 0.462 e. The molecule has 0 aliphatic carbocycles. The molecule has 33 heavy (non-hydrogen) atoms. The van der Waals surface area contributed by atoms with E-state index in [9.17, 15) is 4.79 Å². The molecule has 0 fully saturated rings. The molecule has 194 valence electrons. The van der Waals surface area contributed by atoms with Crippen molar-refractivity contribution in [1.82, 2.24) is 0 Å². The summed E-state index contributed by atoms with van der Waals surface area (Å²) < 4.78 is 5.23. The number of rotatable bonds is 25. The topological polar surface area (TPSA) is 46.5 Å². The van der Waals surface area contributed by atoms with Crippen LogP contribution in [-0.4, -0.2) is 23.8 Å². The predicted octanol–water partition coefficient (Wildman–Crippen LogP) is 9.23. The average Bonchev–Trinajstić information content (AvgIpc) is 2.79. The monoisotopic (exact) mass is 464 g/mol. The molecule has 0 rings (SSSR count). The standard InChI is InChI=1S/C30H56O3/c1-3-4-5-6-7-8-9-10-11-12-13-14-15-16-17-18-19-20-21-22-23-24-25-26-30(27-28-31)33-29(2)32/h10-11,18-19,30-31H,3-9,12-17,20-28H2,1-2H3/b11-10-,19-18-/t30-/m0/s1. The van der Waals surface area contributed by atoms with Crippen LogP contribution in [0.1, 0.15) is 149 Å². The fraction of sp³-hybridized carbons (Fsp3) is 0.833. The summed E-state index contributed by atoms with van der Waals surface area (Å²) in [6, 6.07) is 0. The van der Waals surface area contributed by atoms with Crippen LogP contribution in [0.2, 0.25) is 0 Å². The molecule has 0 amide bonds. The van der Waals surface area contributed by atoms with E-state index in [1.165, 1.54) is 122 Å². The van der Waals surface area contributed by atoms with Crippen molar-refractivity contribution in [1.29, 1.82) is 0 Å². The van der Waals surface area contributed by atoms with Crippen LogP contribution in [0, 0.1) is 0 Å². The van der Waals surface area contributed by atoms with E-state index in [4.69, 9.17) is 9.84 Å². The maximum absolute atomic E-state index is 11.0. The second kappa shape index (κ2) is 27.2. The van der Waals surface area contributed by atoms with Gasteiger partial charge in [0, 0.05) is 20.0 Å². The zero-order valence-corrected chi connectivity index (χ0v) is 22.2. The number of esters is 1. The van der Waals surface area contributed by atoms with Crippen LogP contribution in [0.25, 0.3) is 0 Å². The van der Waals surface area contributed by atoms with Crippen LogP contribution in [-0.2, 0) is 9.53 Å². The van der Waals surface area contributed by atoms with Crippen molar-refractivity contribution in [3.05, 3.63) is 24.3 Å². The fourth-order valence-corrected chi connectivity index (χ4v) is 4.20. The molecule has 0 saturated carbocycles. The highest BCUT2D eigenvalue weighted by atomic mass is 16.5. The van der Waals surface area contributed by atoms with E-state index >= 15 is 0 Å². The molecular formula is C30H56O3. The smallest absolute Gasteiger partial charge is 0.302 e. The van der Waals surface area contributed by atoms with Gasteiger partial charge in [-0.15, -0.1) is 0 Å². The quantitative estimate of drug-likeness (QED) is 0.0831. The van der Waals surface area contributed by atoms with Gasteiger partial charge in [-0.2, -0.15) is 0 Å². The van der Waals surface area contributed by atoms with Crippen LogP contribution in [0.4, 0.5) is 0 Å². The van der Waals surface area contributed by atoms with Gasteiger partial charge in [-0.3, -0.25) is 4.79 Å². The first-order valence-electron chi connectivity index (χ1n) is 14.3. The minimum Gasteiger partial charge on any atom is -0.462 e. The molecule has 1 N–H and O–H groups in total. The van der Waals surface area contributed by atoms with Crippen molar-refractivity contribution in [2.75, 3.05) is 6.61 Å². The Balaban J connectivity index is 3.31. The van der Waals surface area contributed by atoms with E-state index in [1.807, 2.05) is 0 Å². The minimum absolute atomic E-state index is 0.0843. The van der Waals surface area contributed by atoms with Gasteiger partial charge in [0.1, 0.15) is 6.10 Å². The lowest BCUT2D eigenvalue weighted by Gasteiger charge is -2.15.